The van der Waals surface area contributed by atoms with Crippen molar-refractivity contribution < 1.29 is 29.0 Å². The number of aliphatic hydroxyl groups is 1. The molecule has 4 aliphatic rings. The number of cyclic esters (lactones) is 1. The number of likely N-dealkylation sites (tertiary alicyclic amines) is 1. The van der Waals surface area contributed by atoms with Crippen LogP contribution < -0.4 is 9.80 Å². The number of hydrogen-bond donors (Lipinski definition) is 1. The molecule has 0 radical (unpaired) electrons. The first-order valence-electron chi connectivity index (χ1n) is 16.7. The Morgan fingerprint density at radius 2 is 1.66 bits per heavy atom. The van der Waals surface area contributed by atoms with Crippen molar-refractivity contribution in [2.24, 2.45) is 11.8 Å². The number of ether oxygens (including phenoxy) is 2. The number of nitrogens with zero attached hydrogens (tertiary/aromatic N) is 3. The fraction of sp³-hybridized carbons (Fsp3) is 0.629. The lowest BCUT2D eigenvalue weighted by molar-refractivity contribution is -0.160. The average molecular weight is 608 g/mol. The highest BCUT2D eigenvalue weighted by atomic mass is 16.6. The van der Waals surface area contributed by atoms with Gasteiger partial charge >= 0.3 is 5.97 Å². The number of carbonyl (C=O) groups is 3. The molecule has 1 unspecified atom stereocenters. The number of benzene rings is 1. The van der Waals surface area contributed by atoms with E-state index in [4.69, 9.17) is 9.47 Å². The summed E-state index contributed by atoms with van der Waals surface area (Å²) in [5, 5.41) is 9.23. The highest BCUT2D eigenvalue weighted by molar-refractivity contribution is 6.05. The summed E-state index contributed by atoms with van der Waals surface area (Å²) in [6, 6.07) is 7.09. The molecule has 0 aromatic heterocycles. The summed E-state index contributed by atoms with van der Waals surface area (Å²) >= 11 is 0. The van der Waals surface area contributed by atoms with E-state index in [1.807, 2.05) is 49.4 Å². The number of carbonyl (C=O) groups excluding carboxylic acids is 3. The van der Waals surface area contributed by atoms with Gasteiger partial charge in [-0.3, -0.25) is 14.4 Å². The van der Waals surface area contributed by atoms with Gasteiger partial charge in [-0.1, -0.05) is 44.1 Å². The Morgan fingerprint density at radius 3 is 2.36 bits per heavy atom. The molecular formula is C35H49N3O6. The molecule has 4 heterocycles. The number of amides is 2. The second-order valence-electron chi connectivity index (χ2n) is 12.4. The Kier molecular flexibility index (Phi) is 10.2. The first kappa shape index (κ1) is 32.2. The summed E-state index contributed by atoms with van der Waals surface area (Å²) in [5.74, 6) is -2.58. The normalized spacial score (nSPS) is 30.8. The van der Waals surface area contributed by atoms with E-state index in [-0.39, 0.29) is 18.4 Å². The predicted molar refractivity (Wildman–Crippen MR) is 170 cm³/mol. The molecular weight excluding hydrogens is 558 g/mol. The zero-order valence-corrected chi connectivity index (χ0v) is 26.6. The van der Waals surface area contributed by atoms with Crippen LogP contribution in [0.3, 0.4) is 0 Å². The standard InChI is InChI=1S/C35H49N3O6/c1-4-34-20-11-7-10-14-25-43-33(42)29(34)28-31(40)38(22-12-8-9-13-24-39)30-32(41)37(23-15-21-35(28,30)44-34)27-18-16-26(17-19-27)36(5-2)6-3/h11,15-21,28-30,39H,4-10,12-14,22-25H2,1-3H3/b20-11-/t28-,29-,30?,34+,35-/m0/s1. The molecule has 2 fully saturated rings. The van der Waals surface area contributed by atoms with Gasteiger partial charge in [-0.15, -0.1) is 0 Å². The monoisotopic (exact) mass is 607 g/mol. The fourth-order valence-electron chi connectivity index (χ4n) is 7.69. The van der Waals surface area contributed by atoms with Gasteiger partial charge < -0.3 is 29.3 Å². The minimum Gasteiger partial charge on any atom is -0.465 e. The van der Waals surface area contributed by atoms with Gasteiger partial charge in [-0.05, 0) is 76.6 Å². The molecule has 9 nitrogen and oxygen atoms in total. The van der Waals surface area contributed by atoms with Gasteiger partial charge in [0.2, 0.25) is 5.91 Å². The van der Waals surface area contributed by atoms with Gasteiger partial charge in [-0.25, -0.2) is 0 Å². The van der Waals surface area contributed by atoms with Crippen LogP contribution in [0.2, 0.25) is 0 Å². The molecule has 5 atom stereocenters. The van der Waals surface area contributed by atoms with E-state index in [0.29, 0.717) is 39.0 Å². The van der Waals surface area contributed by atoms with Crippen LogP contribution in [0.15, 0.2) is 48.6 Å². The molecule has 2 amide bonds. The van der Waals surface area contributed by atoms with Crippen molar-refractivity contribution in [2.45, 2.75) is 89.4 Å². The van der Waals surface area contributed by atoms with Gasteiger partial charge in [0.25, 0.3) is 5.91 Å². The Labute approximate surface area is 261 Å². The lowest BCUT2D eigenvalue weighted by Gasteiger charge is -2.38. The number of esters is 1. The minimum atomic E-state index is -1.30. The Balaban J connectivity index is 1.56. The maximum atomic E-state index is 14.7. The van der Waals surface area contributed by atoms with Crippen molar-refractivity contribution in [2.75, 3.05) is 49.2 Å². The molecule has 44 heavy (non-hydrogen) atoms. The molecule has 0 saturated carbocycles. The molecule has 4 aliphatic heterocycles. The quantitative estimate of drug-likeness (QED) is 0.222. The highest BCUT2D eigenvalue weighted by Gasteiger charge is 2.75. The highest BCUT2D eigenvalue weighted by Crippen LogP contribution is 2.58. The second kappa shape index (κ2) is 13.9. The van der Waals surface area contributed by atoms with Crippen LogP contribution in [0.1, 0.15) is 72.1 Å². The van der Waals surface area contributed by atoms with Gasteiger partial charge in [0, 0.05) is 44.2 Å². The Hall–Kier alpha value is -3.17. The van der Waals surface area contributed by atoms with E-state index in [2.05, 4.69) is 24.8 Å². The summed E-state index contributed by atoms with van der Waals surface area (Å²) < 4.78 is 12.8. The summed E-state index contributed by atoms with van der Waals surface area (Å²) in [6.45, 7) is 9.13. The van der Waals surface area contributed by atoms with Crippen LogP contribution in [0.5, 0.6) is 0 Å². The molecule has 1 spiro atoms. The van der Waals surface area contributed by atoms with Crippen molar-refractivity contribution in [3.63, 3.8) is 0 Å². The first-order chi connectivity index (χ1) is 21.4. The molecule has 1 N–H and O–H groups in total. The summed E-state index contributed by atoms with van der Waals surface area (Å²) in [4.78, 5) is 48.8. The van der Waals surface area contributed by atoms with Gasteiger partial charge in [0.15, 0.2) is 0 Å². The van der Waals surface area contributed by atoms with E-state index < -0.39 is 35.0 Å². The first-order valence-corrected chi connectivity index (χ1v) is 16.7. The van der Waals surface area contributed by atoms with Crippen LogP contribution in [-0.2, 0) is 23.9 Å². The zero-order chi connectivity index (χ0) is 31.3. The molecule has 1 aromatic carbocycles. The third-order valence-electron chi connectivity index (χ3n) is 9.98. The number of allylic oxidation sites excluding steroid dienone is 1. The number of unbranched alkanes of at least 4 members (excludes halogenated alkanes) is 3. The number of fused-ring (bicyclic) bond motifs is 2. The SMILES string of the molecule is CCN(CC)c1ccc(N2CC=C[C@]34O[C@]5(CC)/C=C\CCCCOC(=O)[C@@H]5[C@H]3C(=O)N(CCCCCCO)C4C2=O)cc1. The summed E-state index contributed by atoms with van der Waals surface area (Å²) in [7, 11) is 0. The molecule has 240 valence electrons. The van der Waals surface area contributed by atoms with Crippen molar-refractivity contribution in [1.29, 1.82) is 0 Å². The molecule has 2 saturated heterocycles. The summed E-state index contributed by atoms with van der Waals surface area (Å²) in [5.41, 5.74) is -0.502. The maximum Gasteiger partial charge on any atom is 0.313 e. The third-order valence-corrected chi connectivity index (χ3v) is 9.98. The van der Waals surface area contributed by atoms with Crippen LogP contribution in [0.25, 0.3) is 0 Å². The van der Waals surface area contributed by atoms with E-state index in [1.54, 1.807) is 9.80 Å². The Morgan fingerprint density at radius 1 is 0.909 bits per heavy atom. The minimum absolute atomic E-state index is 0.131. The topological polar surface area (TPSA) is 99.6 Å². The van der Waals surface area contributed by atoms with Gasteiger partial charge in [0.1, 0.15) is 23.2 Å². The molecule has 0 aliphatic carbocycles. The summed E-state index contributed by atoms with van der Waals surface area (Å²) in [6.07, 6.45) is 13.9. The van der Waals surface area contributed by atoms with Crippen molar-refractivity contribution >= 4 is 29.2 Å². The zero-order valence-electron chi connectivity index (χ0n) is 26.6. The molecule has 0 bridgehead atoms. The maximum absolute atomic E-state index is 14.7. The van der Waals surface area contributed by atoms with Crippen LogP contribution in [0, 0.1) is 11.8 Å². The molecule has 1 aromatic rings. The number of anilines is 2. The average Bonchev–Trinajstić information content (AvgIpc) is 3.38. The largest absolute Gasteiger partial charge is 0.465 e. The van der Waals surface area contributed by atoms with E-state index >= 15 is 0 Å². The van der Waals surface area contributed by atoms with Crippen LogP contribution in [-0.4, -0.2) is 84.4 Å². The molecule has 9 heteroatoms. The van der Waals surface area contributed by atoms with Crippen molar-refractivity contribution in [1.82, 2.24) is 4.90 Å². The van der Waals surface area contributed by atoms with Crippen LogP contribution in [0.4, 0.5) is 11.4 Å². The number of rotatable bonds is 11. The van der Waals surface area contributed by atoms with E-state index in [0.717, 1.165) is 56.6 Å². The van der Waals surface area contributed by atoms with Crippen molar-refractivity contribution in [3.05, 3.63) is 48.6 Å². The van der Waals surface area contributed by atoms with Crippen molar-refractivity contribution in [3.8, 4) is 0 Å². The number of aliphatic hydroxyl groups excluding tert-OH is 1. The number of hydrogen-bond acceptors (Lipinski definition) is 7. The lowest BCUT2D eigenvalue weighted by atomic mass is 9.73. The third kappa shape index (κ3) is 5.69. The smallest absolute Gasteiger partial charge is 0.313 e. The van der Waals surface area contributed by atoms with E-state index in [9.17, 15) is 19.5 Å². The fourth-order valence-corrected chi connectivity index (χ4v) is 7.69. The van der Waals surface area contributed by atoms with Gasteiger partial charge in [0.05, 0.1) is 12.5 Å². The van der Waals surface area contributed by atoms with Crippen LogP contribution >= 0.6 is 0 Å². The van der Waals surface area contributed by atoms with E-state index in [1.165, 1.54) is 0 Å². The predicted octanol–water partition coefficient (Wildman–Crippen LogP) is 4.63. The lowest BCUT2D eigenvalue weighted by Crippen LogP contribution is -2.56. The second-order valence-corrected chi connectivity index (χ2v) is 12.4. The molecule has 5 rings (SSSR count). The Bertz CT molecular complexity index is 1240. The van der Waals surface area contributed by atoms with Gasteiger partial charge in [-0.2, -0.15) is 0 Å².